The summed E-state index contributed by atoms with van der Waals surface area (Å²) in [6, 6.07) is 6.68. The first kappa shape index (κ1) is 11.9. The van der Waals surface area contributed by atoms with Crippen LogP contribution in [0.1, 0.15) is 25.0 Å². The molecule has 0 aliphatic heterocycles. The van der Waals surface area contributed by atoms with Crippen molar-refractivity contribution in [2.24, 2.45) is 0 Å². The largest absolute Gasteiger partial charge is 0.487 e. The zero-order chi connectivity index (χ0) is 11.3. The van der Waals surface area contributed by atoms with Crippen molar-refractivity contribution in [3.05, 3.63) is 29.8 Å². The van der Waals surface area contributed by atoms with Gasteiger partial charge in [0.1, 0.15) is 12.4 Å². The second-order valence-electron chi connectivity index (χ2n) is 3.16. The van der Waals surface area contributed by atoms with Gasteiger partial charge in [-0.15, -0.1) is 0 Å². The summed E-state index contributed by atoms with van der Waals surface area (Å²) >= 11 is 0. The summed E-state index contributed by atoms with van der Waals surface area (Å²) < 4.78 is 28.8. The van der Waals surface area contributed by atoms with E-state index in [4.69, 9.17) is 4.74 Å². The summed E-state index contributed by atoms with van der Waals surface area (Å²) in [6.45, 7) is 1.17. The number of ether oxygens (including phenoxy) is 1. The average Bonchev–Trinajstić information content (AvgIpc) is 2.25. The molecule has 2 nitrogen and oxygen atoms in total. The van der Waals surface area contributed by atoms with Gasteiger partial charge in [-0.1, -0.05) is 25.1 Å². The van der Waals surface area contributed by atoms with E-state index in [9.17, 15) is 13.9 Å². The van der Waals surface area contributed by atoms with E-state index < -0.39 is 19.1 Å². The van der Waals surface area contributed by atoms with Crippen molar-refractivity contribution in [2.75, 3.05) is 6.61 Å². The standard InChI is InChI=1S/C11H14F2O2/c1-2-9(14)8-5-3-4-6-10(8)15-7-11(12)13/h3-6,9,11,14H,2,7H2,1H3/t9-/m0/s1. The third-order valence-corrected chi connectivity index (χ3v) is 2.03. The predicted octanol–water partition coefficient (Wildman–Crippen LogP) is 2.77. The van der Waals surface area contributed by atoms with Crippen LogP contribution in [0, 0.1) is 0 Å². The first-order valence-corrected chi connectivity index (χ1v) is 4.83. The van der Waals surface area contributed by atoms with Crippen LogP contribution in [-0.2, 0) is 0 Å². The maximum absolute atomic E-state index is 11.9. The lowest BCUT2D eigenvalue weighted by Gasteiger charge is -2.14. The molecule has 0 saturated heterocycles. The first-order chi connectivity index (χ1) is 7.15. The highest BCUT2D eigenvalue weighted by Gasteiger charge is 2.12. The molecule has 0 amide bonds. The van der Waals surface area contributed by atoms with Crippen molar-refractivity contribution in [3.8, 4) is 5.75 Å². The van der Waals surface area contributed by atoms with Crippen molar-refractivity contribution in [3.63, 3.8) is 0 Å². The SMILES string of the molecule is CC[C@H](O)c1ccccc1OCC(F)F. The Labute approximate surface area is 87.5 Å². The lowest BCUT2D eigenvalue weighted by atomic mass is 10.1. The molecule has 0 aromatic heterocycles. The molecule has 1 atom stereocenters. The number of alkyl halides is 2. The number of aliphatic hydroxyl groups is 1. The minimum Gasteiger partial charge on any atom is -0.487 e. The molecule has 1 rings (SSSR count). The maximum Gasteiger partial charge on any atom is 0.272 e. The molecule has 1 N–H and O–H groups in total. The maximum atomic E-state index is 11.9. The Morgan fingerprint density at radius 2 is 2.00 bits per heavy atom. The van der Waals surface area contributed by atoms with Gasteiger partial charge in [0.05, 0.1) is 6.10 Å². The number of halogens is 2. The number of para-hydroxylation sites is 1. The molecule has 0 aliphatic rings. The van der Waals surface area contributed by atoms with Crippen LogP contribution >= 0.6 is 0 Å². The highest BCUT2D eigenvalue weighted by Crippen LogP contribution is 2.26. The fourth-order valence-electron chi connectivity index (χ4n) is 1.26. The Balaban J connectivity index is 2.77. The van der Waals surface area contributed by atoms with Crippen molar-refractivity contribution in [1.29, 1.82) is 0 Å². The minimum absolute atomic E-state index is 0.326. The molecule has 0 aliphatic carbocycles. The van der Waals surface area contributed by atoms with E-state index in [-0.39, 0.29) is 0 Å². The Kier molecular flexibility index (Phi) is 4.49. The van der Waals surface area contributed by atoms with Gasteiger partial charge in [0, 0.05) is 5.56 Å². The number of hydrogen-bond acceptors (Lipinski definition) is 2. The fourth-order valence-corrected chi connectivity index (χ4v) is 1.26. The van der Waals surface area contributed by atoms with Crippen LogP contribution in [0.4, 0.5) is 8.78 Å². The minimum atomic E-state index is -2.50. The molecule has 0 unspecified atom stereocenters. The average molecular weight is 216 g/mol. The van der Waals surface area contributed by atoms with Gasteiger partial charge in [0.25, 0.3) is 6.43 Å². The molecule has 1 aromatic carbocycles. The van der Waals surface area contributed by atoms with Gasteiger partial charge < -0.3 is 9.84 Å². The number of rotatable bonds is 5. The fraction of sp³-hybridized carbons (Fsp3) is 0.455. The zero-order valence-corrected chi connectivity index (χ0v) is 8.49. The normalized spacial score (nSPS) is 12.9. The smallest absolute Gasteiger partial charge is 0.272 e. The quantitative estimate of drug-likeness (QED) is 0.820. The van der Waals surface area contributed by atoms with E-state index >= 15 is 0 Å². The van der Waals surface area contributed by atoms with E-state index in [1.807, 2.05) is 6.92 Å². The molecule has 0 radical (unpaired) electrons. The summed E-state index contributed by atoms with van der Waals surface area (Å²) in [7, 11) is 0. The van der Waals surface area contributed by atoms with E-state index in [1.165, 1.54) is 0 Å². The molecule has 84 valence electrons. The van der Waals surface area contributed by atoms with Crippen LogP contribution in [0.15, 0.2) is 24.3 Å². The number of benzene rings is 1. The summed E-state index contributed by atoms with van der Waals surface area (Å²) in [6.07, 6.45) is -2.65. The molecule has 1 aromatic rings. The van der Waals surface area contributed by atoms with Crippen LogP contribution in [0.25, 0.3) is 0 Å². The highest BCUT2D eigenvalue weighted by molar-refractivity contribution is 5.34. The third kappa shape index (κ3) is 3.47. The molecule has 0 saturated carbocycles. The van der Waals surface area contributed by atoms with E-state index in [0.29, 0.717) is 17.7 Å². The molecular weight excluding hydrogens is 202 g/mol. The summed E-state index contributed by atoms with van der Waals surface area (Å²) in [5.41, 5.74) is 0.556. The zero-order valence-electron chi connectivity index (χ0n) is 8.49. The van der Waals surface area contributed by atoms with Gasteiger partial charge in [-0.05, 0) is 12.5 Å². The predicted molar refractivity (Wildman–Crippen MR) is 53.2 cm³/mol. The highest BCUT2D eigenvalue weighted by atomic mass is 19.3. The van der Waals surface area contributed by atoms with Crippen LogP contribution < -0.4 is 4.74 Å². The Hall–Kier alpha value is -1.16. The van der Waals surface area contributed by atoms with Gasteiger partial charge in [-0.3, -0.25) is 0 Å². The van der Waals surface area contributed by atoms with Crippen LogP contribution in [0.5, 0.6) is 5.75 Å². The van der Waals surface area contributed by atoms with Crippen LogP contribution in [0.3, 0.4) is 0 Å². The molecule has 0 fully saturated rings. The van der Waals surface area contributed by atoms with Gasteiger partial charge in [0.2, 0.25) is 0 Å². The van der Waals surface area contributed by atoms with Gasteiger partial charge >= 0.3 is 0 Å². The van der Waals surface area contributed by atoms with Crippen molar-refractivity contribution in [1.82, 2.24) is 0 Å². The van der Waals surface area contributed by atoms with E-state index in [2.05, 4.69) is 0 Å². The first-order valence-electron chi connectivity index (χ1n) is 4.83. The monoisotopic (exact) mass is 216 g/mol. The Morgan fingerprint density at radius 1 is 1.33 bits per heavy atom. The van der Waals surface area contributed by atoms with Crippen LogP contribution in [0.2, 0.25) is 0 Å². The van der Waals surface area contributed by atoms with Gasteiger partial charge in [-0.2, -0.15) is 0 Å². The lowest BCUT2D eigenvalue weighted by molar-refractivity contribution is 0.0788. The summed E-state index contributed by atoms with van der Waals surface area (Å²) in [5, 5.41) is 9.61. The number of hydrogen-bond donors (Lipinski definition) is 1. The second-order valence-corrected chi connectivity index (χ2v) is 3.16. The molecular formula is C11H14F2O2. The van der Waals surface area contributed by atoms with Gasteiger partial charge in [0.15, 0.2) is 0 Å². The second kappa shape index (κ2) is 5.66. The number of aliphatic hydroxyl groups excluding tert-OH is 1. The van der Waals surface area contributed by atoms with Crippen molar-refractivity contribution >= 4 is 0 Å². The van der Waals surface area contributed by atoms with Gasteiger partial charge in [-0.25, -0.2) is 8.78 Å². The molecule has 15 heavy (non-hydrogen) atoms. The van der Waals surface area contributed by atoms with Crippen molar-refractivity contribution in [2.45, 2.75) is 25.9 Å². The molecule has 4 heteroatoms. The third-order valence-electron chi connectivity index (χ3n) is 2.03. The van der Waals surface area contributed by atoms with E-state index in [0.717, 1.165) is 0 Å². The van der Waals surface area contributed by atoms with Crippen LogP contribution in [-0.4, -0.2) is 18.1 Å². The summed E-state index contributed by atoms with van der Waals surface area (Å²) in [5.74, 6) is 0.326. The molecule has 0 bridgehead atoms. The van der Waals surface area contributed by atoms with E-state index in [1.54, 1.807) is 24.3 Å². The Bertz CT molecular complexity index is 302. The lowest BCUT2D eigenvalue weighted by Crippen LogP contribution is -2.09. The molecule has 0 spiro atoms. The Morgan fingerprint density at radius 3 is 2.60 bits per heavy atom. The topological polar surface area (TPSA) is 29.5 Å². The molecule has 0 heterocycles. The van der Waals surface area contributed by atoms with Crippen molar-refractivity contribution < 1.29 is 18.6 Å². The summed E-state index contributed by atoms with van der Waals surface area (Å²) in [4.78, 5) is 0.